The second kappa shape index (κ2) is 7.95. The monoisotopic (exact) mass is 449 g/mol. The molecule has 1 aromatic heterocycles. The van der Waals surface area contributed by atoms with Gasteiger partial charge in [0.2, 0.25) is 5.75 Å². The molecule has 0 aliphatic carbocycles. The molecule has 0 bridgehead atoms. The number of hydrogen-bond acceptors (Lipinski definition) is 7. The molecule has 0 N–H and O–H groups in total. The Morgan fingerprint density at radius 3 is 2.52 bits per heavy atom. The van der Waals surface area contributed by atoms with E-state index in [0.717, 1.165) is 0 Å². The Labute approximate surface area is 189 Å². The number of Topliss-reactive ketones (excluding diaryl/α,β-unsaturated/α-hetero) is 1. The zero-order chi connectivity index (χ0) is 23.2. The Kier molecular flexibility index (Phi) is 5.08. The number of carbonyl (C=O) groups is 2. The normalized spacial score (nSPS) is 16.9. The number of carbonyl (C=O) groups excluding carboxylic acids is 2. The van der Waals surface area contributed by atoms with Crippen LogP contribution in [-0.2, 0) is 0 Å². The summed E-state index contributed by atoms with van der Waals surface area (Å²) in [6.07, 6.45) is 1.11. The Balaban J connectivity index is 1.38. The van der Waals surface area contributed by atoms with Gasteiger partial charge in [0.25, 0.3) is 5.91 Å². The van der Waals surface area contributed by atoms with Crippen LogP contribution in [0.3, 0.4) is 0 Å². The number of amides is 1. The molecule has 33 heavy (non-hydrogen) atoms. The summed E-state index contributed by atoms with van der Waals surface area (Å²) in [5.41, 5.74) is -0.496. The average Bonchev–Trinajstić information content (AvgIpc) is 2.83. The maximum atomic E-state index is 13.1. The van der Waals surface area contributed by atoms with E-state index >= 15 is 0 Å². The van der Waals surface area contributed by atoms with E-state index in [-0.39, 0.29) is 23.7 Å². The lowest BCUT2D eigenvalue weighted by atomic mass is 9.82. The number of ether oxygens (including phenoxy) is 3. The van der Waals surface area contributed by atoms with Crippen molar-refractivity contribution in [2.75, 3.05) is 27.3 Å². The summed E-state index contributed by atoms with van der Waals surface area (Å²) in [6, 6.07) is 12.0. The minimum atomic E-state index is -0.742. The lowest BCUT2D eigenvalue weighted by Gasteiger charge is -2.44. The highest BCUT2D eigenvalue weighted by molar-refractivity contribution is 6.02. The SMILES string of the molecule is COc1ccc2c(c1OC)OC1(CCN(C(=O)c3cc4ccccc4oc3=O)CC1)CC2=O. The van der Waals surface area contributed by atoms with Crippen LogP contribution in [-0.4, -0.2) is 49.5 Å². The van der Waals surface area contributed by atoms with Crippen molar-refractivity contribution in [1.82, 2.24) is 4.90 Å². The standard InChI is InChI=1S/C25H23NO7/c1-30-20-8-7-16-18(27)14-25(33-21(16)22(20)31-2)9-11-26(12-10-25)23(28)17-13-15-5-3-4-6-19(15)32-24(17)29/h3-8,13H,9-12,14H2,1-2H3. The molecule has 1 spiro atoms. The molecule has 0 unspecified atom stereocenters. The fourth-order valence-electron chi connectivity index (χ4n) is 4.64. The van der Waals surface area contributed by atoms with E-state index in [4.69, 9.17) is 18.6 Å². The van der Waals surface area contributed by atoms with Gasteiger partial charge in [0.1, 0.15) is 16.7 Å². The second-order valence-corrected chi connectivity index (χ2v) is 8.34. The summed E-state index contributed by atoms with van der Waals surface area (Å²) in [5, 5.41) is 0.688. The number of benzene rings is 2. The minimum Gasteiger partial charge on any atom is -0.493 e. The van der Waals surface area contributed by atoms with Gasteiger partial charge in [-0.05, 0) is 24.3 Å². The lowest BCUT2D eigenvalue weighted by Crippen LogP contribution is -2.52. The number of methoxy groups -OCH3 is 2. The number of piperidine rings is 1. The third-order valence-corrected chi connectivity index (χ3v) is 6.44. The molecule has 1 fully saturated rings. The highest BCUT2D eigenvalue weighted by atomic mass is 16.5. The number of hydrogen-bond donors (Lipinski definition) is 0. The molecule has 8 nitrogen and oxygen atoms in total. The van der Waals surface area contributed by atoms with Gasteiger partial charge in [-0.3, -0.25) is 9.59 Å². The molecular formula is C25H23NO7. The fraction of sp³-hybridized carbons (Fsp3) is 0.320. The Bertz CT molecular complexity index is 1320. The fourth-order valence-corrected chi connectivity index (χ4v) is 4.64. The number of fused-ring (bicyclic) bond motifs is 2. The Morgan fingerprint density at radius 1 is 1.03 bits per heavy atom. The van der Waals surface area contributed by atoms with Crippen molar-refractivity contribution in [2.45, 2.75) is 24.9 Å². The van der Waals surface area contributed by atoms with Crippen LogP contribution < -0.4 is 19.8 Å². The second-order valence-electron chi connectivity index (χ2n) is 8.34. The summed E-state index contributed by atoms with van der Waals surface area (Å²) in [6.45, 7) is 0.694. The topological polar surface area (TPSA) is 95.3 Å². The Morgan fingerprint density at radius 2 is 1.79 bits per heavy atom. The predicted octanol–water partition coefficient (Wildman–Crippen LogP) is 3.45. The zero-order valence-electron chi connectivity index (χ0n) is 18.4. The van der Waals surface area contributed by atoms with E-state index < -0.39 is 11.2 Å². The number of nitrogens with zero attached hydrogens (tertiary/aromatic N) is 1. The number of likely N-dealkylation sites (tertiary alicyclic amines) is 1. The van der Waals surface area contributed by atoms with Crippen molar-refractivity contribution < 1.29 is 28.2 Å². The van der Waals surface area contributed by atoms with Gasteiger partial charge in [0.05, 0.1) is 26.2 Å². The van der Waals surface area contributed by atoms with Gasteiger partial charge in [0, 0.05) is 31.3 Å². The van der Waals surface area contributed by atoms with Crippen LogP contribution in [0.1, 0.15) is 40.0 Å². The summed E-state index contributed by atoms with van der Waals surface area (Å²) < 4.78 is 22.5. The number of para-hydroxylation sites is 1. The highest BCUT2D eigenvalue weighted by Gasteiger charge is 2.45. The summed E-state index contributed by atoms with van der Waals surface area (Å²) in [7, 11) is 3.03. The molecule has 5 rings (SSSR count). The quantitative estimate of drug-likeness (QED) is 0.565. The molecule has 2 aliphatic heterocycles. The van der Waals surface area contributed by atoms with E-state index in [0.29, 0.717) is 59.7 Å². The van der Waals surface area contributed by atoms with Crippen molar-refractivity contribution in [2.24, 2.45) is 0 Å². The minimum absolute atomic E-state index is 0.00189. The Hall–Kier alpha value is -3.81. The first-order valence-electron chi connectivity index (χ1n) is 10.7. The van der Waals surface area contributed by atoms with Gasteiger partial charge in [-0.15, -0.1) is 0 Å². The third-order valence-electron chi connectivity index (χ3n) is 6.44. The zero-order valence-corrected chi connectivity index (χ0v) is 18.4. The summed E-state index contributed by atoms with van der Waals surface area (Å²) in [5.74, 6) is 0.827. The van der Waals surface area contributed by atoms with Gasteiger partial charge in [-0.25, -0.2) is 4.79 Å². The van der Waals surface area contributed by atoms with E-state index in [2.05, 4.69) is 0 Å². The molecule has 1 saturated heterocycles. The van der Waals surface area contributed by atoms with Gasteiger partial charge in [-0.1, -0.05) is 18.2 Å². The van der Waals surface area contributed by atoms with Crippen molar-refractivity contribution >= 4 is 22.7 Å². The first-order valence-corrected chi connectivity index (χ1v) is 10.7. The average molecular weight is 449 g/mol. The van der Waals surface area contributed by atoms with Crippen LogP contribution in [0.25, 0.3) is 11.0 Å². The molecule has 0 radical (unpaired) electrons. The molecule has 3 aromatic rings. The predicted molar refractivity (Wildman–Crippen MR) is 119 cm³/mol. The summed E-state index contributed by atoms with van der Waals surface area (Å²) in [4.78, 5) is 40.0. The first-order chi connectivity index (χ1) is 15.9. The molecule has 2 aromatic carbocycles. The van der Waals surface area contributed by atoms with Crippen LogP contribution in [0.2, 0.25) is 0 Å². The number of ketones is 1. The van der Waals surface area contributed by atoms with Gasteiger partial charge < -0.3 is 23.5 Å². The molecular weight excluding hydrogens is 426 g/mol. The molecule has 8 heteroatoms. The van der Waals surface area contributed by atoms with Gasteiger partial charge >= 0.3 is 5.63 Å². The van der Waals surface area contributed by atoms with E-state index in [1.54, 1.807) is 41.3 Å². The van der Waals surface area contributed by atoms with E-state index in [1.807, 2.05) is 6.07 Å². The maximum absolute atomic E-state index is 13.1. The van der Waals surface area contributed by atoms with E-state index in [1.165, 1.54) is 14.2 Å². The molecule has 3 heterocycles. The van der Waals surface area contributed by atoms with Gasteiger partial charge in [-0.2, -0.15) is 0 Å². The molecule has 1 amide bonds. The van der Waals surface area contributed by atoms with Crippen LogP contribution >= 0.6 is 0 Å². The maximum Gasteiger partial charge on any atom is 0.349 e. The van der Waals surface area contributed by atoms with Gasteiger partial charge in [0.15, 0.2) is 17.3 Å². The molecule has 0 saturated carbocycles. The molecule has 0 atom stereocenters. The lowest BCUT2D eigenvalue weighted by molar-refractivity contribution is -0.00753. The van der Waals surface area contributed by atoms with E-state index in [9.17, 15) is 14.4 Å². The van der Waals surface area contributed by atoms with Crippen LogP contribution in [0.4, 0.5) is 0 Å². The largest absolute Gasteiger partial charge is 0.493 e. The van der Waals surface area contributed by atoms with Crippen molar-refractivity contribution in [3.05, 3.63) is 64.0 Å². The van der Waals surface area contributed by atoms with Crippen molar-refractivity contribution in [1.29, 1.82) is 0 Å². The van der Waals surface area contributed by atoms with Crippen LogP contribution in [0, 0.1) is 0 Å². The smallest absolute Gasteiger partial charge is 0.349 e. The van der Waals surface area contributed by atoms with Crippen LogP contribution in [0.5, 0.6) is 17.2 Å². The molecule has 170 valence electrons. The molecule has 2 aliphatic rings. The van der Waals surface area contributed by atoms with Crippen molar-refractivity contribution in [3.63, 3.8) is 0 Å². The first kappa shape index (κ1) is 21.1. The van der Waals surface area contributed by atoms with Crippen LogP contribution in [0.15, 0.2) is 51.7 Å². The van der Waals surface area contributed by atoms with Crippen molar-refractivity contribution in [3.8, 4) is 17.2 Å². The third kappa shape index (κ3) is 3.51. The highest BCUT2D eigenvalue weighted by Crippen LogP contribution is 2.47. The number of rotatable bonds is 3. The summed E-state index contributed by atoms with van der Waals surface area (Å²) >= 11 is 0.